The van der Waals surface area contributed by atoms with Gasteiger partial charge in [0.15, 0.2) is 0 Å². The van der Waals surface area contributed by atoms with Crippen molar-refractivity contribution in [1.29, 1.82) is 0 Å². The number of hydrogen-bond donors (Lipinski definition) is 1. The Labute approximate surface area is 129 Å². The van der Waals surface area contributed by atoms with Crippen molar-refractivity contribution in [2.24, 2.45) is 0 Å². The topological polar surface area (TPSA) is 68.3 Å². The normalized spacial score (nSPS) is 11.5. The SMILES string of the molecule is COC(=O)CC(NC(=O)c1cccnc1)c1ccc(C)cc1. The van der Waals surface area contributed by atoms with Gasteiger partial charge in [0.2, 0.25) is 0 Å². The zero-order chi connectivity index (χ0) is 15.9. The first-order chi connectivity index (χ1) is 10.6. The molecule has 1 unspecified atom stereocenters. The smallest absolute Gasteiger partial charge is 0.307 e. The third kappa shape index (κ3) is 4.15. The highest BCUT2D eigenvalue weighted by Crippen LogP contribution is 2.19. The number of aromatic nitrogens is 1. The van der Waals surface area contributed by atoms with Gasteiger partial charge in [0.05, 0.1) is 25.1 Å². The number of methoxy groups -OCH3 is 1. The van der Waals surface area contributed by atoms with Crippen molar-refractivity contribution in [3.8, 4) is 0 Å². The number of amides is 1. The maximum Gasteiger partial charge on any atom is 0.307 e. The number of aryl methyl sites for hydroxylation is 1. The third-order valence-corrected chi connectivity index (χ3v) is 3.31. The number of benzene rings is 1. The van der Waals surface area contributed by atoms with Crippen LogP contribution >= 0.6 is 0 Å². The van der Waals surface area contributed by atoms with Crippen LogP contribution in [0.25, 0.3) is 0 Å². The van der Waals surface area contributed by atoms with Gasteiger partial charge in [0, 0.05) is 12.4 Å². The summed E-state index contributed by atoms with van der Waals surface area (Å²) in [4.78, 5) is 27.8. The summed E-state index contributed by atoms with van der Waals surface area (Å²) in [6, 6.07) is 10.6. The van der Waals surface area contributed by atoms with Crippen LogP contribution in [-0.4, -0.2) is 24.0 Å². The summed E-state index contributed by atoms with van der Waals surface area (Å²) in [7, 11) is 1.33. The fraction of sp³-hybridized carbons (Fsp3) is 0.235. The Morgan fingerprint density at radius 1 is 1.23 bits per heavy atom. The molecule has 1 aromatic heterocycles. The molecular formula is C17H18N2O3. The van der Waals surface area contributed by atoms with Crippen molar-refractivity contribution in [3.63, 3.8) is 0 Å². The van der Waals surface area contributed by atoms with Gasteiger partial charge in [-0.2, -0.15) is 0 Å². The molecule has 0 aliphatic rings. The van der Waals surface area contributed by atoms with Gasteiger partial charge in [-0.15, -0.1) is 0 Å². The number of nitrogens with zero attached hydrogens (tertiary/aromatic N) is 1. The van der Waals surface area contributed by atoms with E-state index in [0.29, 0.717) is 5.56 Å². The van der Waals surface area contributed by atoms with Gasteiger partial charge in [-0.05, 0) is 24.6 Å². The van der Waals surface area contributed by atoms with Crippen LogP contribution < -0.4 is 5.32 Å². The lowest BCUT2D eigenvalue weighted by molar-refractivity contribution is -0.141. The second-order valence-corrected chi connectivity index (χ2v) is 4.96. The number of esters is 1. The average Bonchev–Trinajstić information content (AvgIpc) is 2.55. The molecule has 5 nitrogen and oxygen atoms in total. The number of rotatable bonds is 5. The second kappa shape index (κ2) is 7.36. The van der Waals surface area contributed by atoms with Crippen molar-refractivity contribution >= 4 is 11.9 Å². The molecule has 22 heavy (non-hydrogen) atoms. The lowest BCUT2D eigenvalue weighted by Crippen LogP contribution is -2.30. The Bertz CT molecular complexity index is 639. The molecule has 0 saturated carbocycles. The molecule has 0 saturated heterocycles. The summed E-state index contributed by atoms with van der Waals surface area (Å²) in [5, 5.41) is 2.85. The van der Waals surface area contributed by atoms with Crippen molar-refractivity contribution in [2.45, 2.75) is 19.4 Å². The minimum absolute atomic E-state index is 0.0750. The van der Waals surface area contributed by atoms with E-state index in [-0.39, 0.29) is 18.3 Å². The van der Waals surface area contributed by atoms with E-state index in [1.807, 2.05) is 31.2 Å². The molecule has 0 spiro atoms. The van der Waals surface area contributed by atoms with Crippen LogP contribution in [0.5, 0.6) is 0 Å². The highest BCUT2D eigenvalue weighted by atomic mass is 16.5. The third-order valence-electron chi connectivity index (χ3n) is 3.31. The van der Waals surface area contributed by atoms with Crippen LogP contribution in [0.1, 0.15) is 33.9 Å². The van der Waals surface area contributed by atoms with Crippen molar-refractivity contribution in [1.82, 2.24) is 10.3 Å². The highest BCUT2D eigenvalue weighted by Gasteiger charge is 2.19. The quantitative estimate of drug-likeness (QED) is 0.861. The number of nitrogens with one attached hydrogen (secondary N) is 1. The summed E-state index contributed by atoms with van der Waals surface area (Å²) in [5.74, 6) is -0.653. The maximum absolute atomic E-state index is 12.3. The summed E-state index contributed by atoms with van der Waals surface area (Å²) in [6.07, 6.45) is 3.16. The number of hydrogen-bond acceptors (Lipinski definition) is 4. The summed E-state index contributed by atoms with van der Waals surface area (Å²) < 4.78 is 4.71. The molecule has 0 aliphatic heterocycles. The van der Waals surface area contributed by atoms with E-state index >= 15 is 0 Å². The van der Waals surface area contributed by atoms with Crippen LogP contribution in [0.4, 0.5) is 0 Å². The molecule has 2 rings (SSSR count). The molecule has 1 atom stereocenters. The van der Waals surface area contributed by atoms with E-state index in [0.717, 1.165) is 11.1 Å². The summed E-state index contributed by atoms with van der Waals surface area (Å²) in [5.41, 5.74) is 2.41. The predicted octanol–water partition coefficient (Wildman–Crippen LogP) is 2.42. The van der Waals surface area contributed by atoms with Crippen LogP contribution in [-0.2, 0) is 9.53 Å². The Morgan fingerprint density at radius 3 is 2.55 bits per heavy atom. The number of ether oxygens (including phenoxy) is 1. The van der Waals surface area contributed by atoms with Crippen LogP contribution in [0.2, 0.25) is 0 Å². The number of carbonyl (C=O) groups excluding carboxylic acids is 2. The second-order valence-electron chi connectivity index (χ2n) is 4.96. The molecule has 0 aliphatic carbocycles. The van der Waals surface area contributed by atoms with Crippen LogP contribution in [0, 0.1) is 6.92 Å². The van der Waals surface area contributed by atoms with E-state index in [2.05, 4.69) is 10.3 Å². The molecule has 0 fully saturated rings. The molecule has 114 valence electrons. The highest BCUT2D eigenvalue weighted by molar-refractivity contribution is 5.94. The molecular weight excluding hydrogens is 280 g/mol. The summed E-state index contributed by atoms with van der Waals surface area (Å²) >= 11 is 0. The van der Waals surface area contributed by atoms with Gasteiger partial charge in [-0.1, -0.05) is 29.8 Å². The zero-order valence-corrected chi connectivity index (χ0v) is 12.6. The number of carbonyl (C=O) groups is 2. The first-order valence-electron chi connectivity index (χ1n) is 6.94. The van der Waals surface area contributed by atoms with Gasteiger partial charge < -0.3 is 10.1 Å². The molecule has 1 heterocycles. The molecule has 0 radical (unpaired) electrons. The Kier molecular flexibility index (Phi) is 5.25. The van der Waals surface area contributed by atoms with Crippen molar-refractivity contribution < 1.29 is 14.3 Å². The zero-order valence-electron chi connectivity index (χ0n) is 12.6. The fourth-order valence-electron chi connectivity index (χ4n) is 2.04. The van der Waals surface area contributed by atoms with E-state index < -0.39 is 6.04 Å². The first kappa shape index (κ1) is 15.7. The van der Waals surface area contributed by atoms with E-state index in [4.69, 9.17) is 4.74 Å². The molecule has 5 heteroatoms. The predicted molar refractivity (Wildman–Crippen MR) is 82.3 cm³/mol. The van der Waals surface area contributed by atoms with Crippen LogP contribution in [0.3, 0.4) is 0 Å². The Hall–Kier alpha value is -2.69. The standard InChI is InChI=1S/C17H18N2O3/c1-12-5-7-13(8-6-12)15(10-16(20)22-2)19-17(21)14-4-3-9-18-11-14/h3-9,11,15H,10H2,1-2H3,(H,19,21). The molecule has 2 aromatic rings. The Morgan fingerprint density at radius 2 is 1.95 bits per heavy atom. The van der Waals surface area contributed by atoms with Gasteiger partial charge in [0.1, 0.15) is 0 Å². The van der Waals surface area contributed by atoms with E-state index in [1.54, 1.807) is 18.3 Å². The first-order valence-corrected chi connectivity index (χ1v) is 6.94. The molecule has 0 bridgehead atoms. The van der Waals surface area contributed by atoms with Gasteiger partial charge in [-0.25, -0.2) is 0 Å². The van der Waals surface area contributed by atoms with E-state index in [1.165, 1.54) is 13.3 Å². The number of pyridine rings is 1. The van der Waals surface area contributed by atoms with Crippen molar-refractivity contribution in [2.75, 3.05) is 7.11 Å². The lowest BCUT2D eigenvalue weighted by Gasteiger charge is -2.18. The van der Waals surface area contributed by atoms with Crippen LogP contribution in [0.15, 0.2) is 48.8 Å². The minimum atomic E-state index is -0.444. The van der Waals surface area contributed by atoms with Crippen molar-refractivity contribution in [3.05, 3.63) is 65.5 Å². The average molecular weight is 298 g/mol. The minimum Gasteiger partial charge on any atom is -0.469 e. The Balaban J connectivity index is 2.19. The monoisotopic (exact) mass is 298 g/mol. The maximum atomic E-state index is 12.3. The largest absolute Gasteiger partial charge is 0.469 e. The van der Waals surface area contributed by atoms with Gasteiger partial charge in [-0.3, -0.25) is 14.6 Å². The van der Waals surface area contributed by atoms with E-state index in [9.17, 15) is 9.59 Å². The molecule has 1 amide bonds. The lowest BCUT2D eigenvalue weighted by atomic mass is 10.0. The molecule has 1 aromatic carbocycles. The fourth-order valence-corrected chi connectivity index (χ4v) is 2.04. The van der Waals surface area contributed by atoms with Gasteiger partial charge in [0.25, 0.3) is 5.91 Å². The van der Waals surface area contributed by atoms with Gasteiger partial charge >= 0.3 is 5.97 Å². The molecule has 1 N–H and O–H groups in total. The summed E-state index contributed by atoms with van der Waals surface area (Å²) in [6.45, 7) is 1.98.